The zero-order chi connectivity index (χ0) is 22.5. The average Bonchev–Trinajstić information content (AvgIpc) is 2.66. The molecule has 0 aliphatic heterocycles. The molecule has 0 spiro atoms. The van der Waals surface area contributed by atoms with Gasteiger partial charge in [0.2, 0.25) is 10.0 Å². The van der Waals surface area contributed by atoms with E-state index < -0.39 is 52.7 Å². The Bertz CT molecular complexity index is 1070. The number of hydrogen-bond donors (Lipinski definition) is 2. The minimum absolute atomic E-state index is 0.0190. The molecule has 0 heterocycles. The van der Waals surface area contributed by atoms with Crippen molar-refractivity contribution in [3.63, 3.8) is 0 Å². The van der Waals surface area contributed by atoms with Crippen LogP contribution in [0, 0.1) is 11.6 Å². The number of nitrogens with one attached hydrogen (secondary N) is 2. The van der Waals surface area contributed by atoms with Crippen LogP contribution in [-0.2, 0) is 24.3 Å². The third-order valence-electron chi connectivity index (χ3n) is 3.78. The molecule has 12 heteroatoms. The van der Waals surface area contributed by atoms with E-state index in [1.165, 1.54) is 25.1 Å². The molecule has 2 N–H and O–H groups in total. The van der Waals surface area contributed by atoms with Gasteiger partial charge in [0.05, 0.1) is 21.0 Å². The number of carbonyl (C=O) groups excluding carboxylic acids is 2. The standard InChI is InChI=1S/C18H16Cl2F2N2O5S/c1-10(13-4-2-11(21)6-16(13)22)24-17(25)9-29-18(26)8-23-30(27,28)12-3-5-14(19)15(20)7-12/h2-7,10,23H,8-9H2,1H3,(H,24,25)/t10-/m1/s1. The number of ether oxygens (including phenoxy) is 1. The van der Waals surface area contributed by atoms with Gasteiger partial charge in [-0.3, -0.25) is 9.59 Å². The van der Waals surface area contributed by atoms with E-state index in [0.29, 0.717) is 6.07 Å². The summed E-state index contributed by atoms with van der Waals surface area (Å²) in [5.74, 6) is -3.37. The number of hydrogen-bond acceptors (Lipinski definition) is 5. The van der Waals surface area contributed by atoms with Gasteiger partial charge in [-0.05, 0) is 31.2 Å². The van der Waals surface area contributed by atoms with Gasteiger partial charge in [-0.2, -0.15) is 4.72 Å². The van der Waals surface area contributed by atoms with Crippen LogP contribution in [0.15, 0.2) is 41.3 Å². The number of rotatable bonds is 8. The highest BCUT2D eigenvalue weighted by Gasteiger charge is 2.19. The molecule has 0 saturated carbocycles. The molecule has 0 aromatic heterocycles. The van der Waals surface area contributed by atoms with Crippen molar-refractivity contribution in [3.05, 3.63) is 63.6 Å². The first-order valence-electron chi connectivity index (χ1n) is 8.34. The van der Waals surface area contributed by atoms with Crippen LogP contribution < -0.4 is 10.0 Å². The second-order valence-electron chi connectivity index (χ2n) is 6.02. The highest BCUT2D eigenvalue weighted by Crippen LogP contribution is 2.24. The van der Waals surface area contributed by atoms with Gasteiger partial charge in [-0.15, -0.1) is 0 Å². The smallest absolute Gasteiger partial charge is 0.321 e. The number of sulfonamides is 1. The molecule has 0 bridgehead atoms. The Morgan fingerprint density at radius 1 is 1.10 bits per heavy atom. The van der Waals surface area contributed by atoms with Crippen molar-refractivity contribution in [2.75, 3.05) is 13.2 Å². The second kappa shape index (κ2) is 10.2. The van der Waals surface area contributed by atoms with Crippen LogP contribution in [0.3, 0.4) is 0 Å². The maximum Gasteiger partial charge on any atom is 0.321 e. The molecule has 0 saturated heterocycles. The van der Waals surface area contributed by atoms with E-state index in [4.69, 9.17) is 23.2 Å². The van der Waals surface area contributed by atoms with Crippen molar-refractivity contribution >= 4 is 45.1 Å². The van der Waals surface area contributed by atoms with Gasteiger partial charge >= 0.3 is 5.97 Å². The van der Waals surface area contributed by atoms with E-state index in [9.17, 15) is 26.8 Å². The molecule has 1 amide bonds. The monoisotopic (exact) mass is 480 g/mol. The summed E-state index contributed by atoms with van der Waals surface area (Å²) >= 11 is 11.5. The van der Waals surface area contributed by atoms with E-state index in [1.54, 1.807) is 0 Å². The molecular weight excluding hydrogens is 465 g/mol. The Labute approximate surface area is 181 Å². The summed E-state index contributed by atoms with van der Waals surface area (Å²) in [4.78, 5) is 23.4. The van der Waals surface area contributed by atoms with Crippen LogP contribution in [0.25, 0.3) is 0 Å². The second-order valence-corrected chi connectivity index (χ2v) is 8.60. The molecule has 2 aromatic carbocycles. The molecule has 2 rings (SSSR count). The van der Waals surface area contributed by atoms with E-state index in [1.807, 2.05) is 4.72 Å². The van der Waals surface area contributed by atoms with Gasteiger partial charge in [0.15, 0.2) is 6.61 Å². The molecule has 0 fully saturated rings. The predicted octanol–water partition coefficient (Wildman–Crippen LogP) is 2.97. The van der Waals surface area contributed by atoms with Crippen molar-refractivity contribution < 1.29 is 31.5 Å². The van der Waals surface area contributed by atoms with Gasteiger partial charge in [0.1, 0.15) is 18.2 Å². The summed E-state index contributed by atoms with van der Waals surface area (Å²) < 4.78 is 57.6. The van der Waals surface area contributed by atoms with Crippen LogP contribution in [-0.4, -0.2) is 33.4 Å². The van der Waals surface area contributed by atoms with Crippen molar-refractivity contribution in [2.24, 2.45) is 0 Å². The SMILES string of the molecule is C[C@@H](NC(=O)COC(=O)CNS(=O)(=O)c1ccc(Cl)c(Cl)c1)c1ccc(F)cc1F. The highest BCUT2D eigenvalue weighted by atomic mass is 35.5. The maximum absolute atomic E-state index is 13.7. The van der Waals surface area contributed by atoms with Gasteiger partial charge in [-0.1, -0.05) is 29.3 Å². The van der Waals surface area contributed by atoms with Crippen LogP contribution >= 0.6 is 23.2 Å². The first kappa shape index (κ1) is 24.0. The lowest BCUT2D eigenvalue weighted by atomic mass is 10.1. The topological polar surface area (TPSA) is 102 Å². The van der Waals surface area contributed by atoms with Crippen molar-refractivity contribution in [2.45, 2.75) is 17.9 Å². The van der Waals surface area contributed by atoms with Gasteiger partial charge in [0.25, 0.3) is 5.91 Å². The summed E-state index contributed by atoms with van der Waals surface area (Å²) in [5.41, 5.74) is 0.0467. The number of amides is 1. The van der Waals surface area contributed by atoms with Crippen molar-refractivity contribution in [1.82, 2.24) is 10.0 Å². The first-order valence-corrected chi connectivity index (χ1v) is 10.6. The highest BCUT2D eigenvalue weighted by molar-refractivity contribution is 7.89. The lowest BCUT2D eigenvalue weighted by Gasteiger charge is -2.15. The molecule has 1 atom stereocenters. The summed E-state index contributed by atoms with van der Waals surface area (Å²) in [7, 11) is -4.06. The summed E-state index contributed by atoms with van der Waals surface area (Å²) in [6.45, 7) is -0.0000922. The summed E-state index contributed by atoms with van der Waals surface area (Å²) in [6.07, 6.45) is 0. The Kier molecular flexibility index (Phi) is 8.13. The Balaban J connectivity index is 1.83. The molecule has 0 aliphatic rings. The molecule has 0 aliphatic carbocycles. The minimum Gasteiger partial charge on any atom is -0.455 e. The Morgan fingerprint density at radius 3 is 2.43 bits per heavy atom. The third-order valence-corrected chi connectivity index (χ3v) is 5.92. The zero-order valence-corrected chi connectivity index (χ0v) is 17.7. The Hall–Kier alpha value is -2.27. The minimum atomic E-state index is -4.06. The van der Waals surface area contributed by atoms with Crippen LogP contribution in [0.5, 0.6) is 0 Å². The normalized spacial score (nSPS) is 12.3. The largest absolute Gasteiger partial charge is 0.455 e. The quantitative estimate of drug-likeness (QED) is 0.565. The molecule has 30 heavy (non-hydrogen) atoms. The third kappa shape index (κ3) is 6.63. The van der Waals surface area contributed by atoms with Crippen molar-refractivity contribution in [1.29, 1.82) is 0 Å². The van der Waals surface area contributed by atoms with Gasteiger partial charge < -0.3 is 10.1 Å². The number of halogens is 4. The average molecular weight is 481 g/mol. The van der Waals surface area contributed by atoms with Crippen LogP contribution in [0.4, 0.5) is 8.78 Å². The van der Waals surface area contributed by atoms with Gasteiger partial charge in [0, 0.05) is 11.6 Å². The molecule has 7 nitrogen and oxygen atoms in total. The van der Waals surface area contributed by atoms with E-state index in [2.05, 4.69) is 10.1 Å². The van der Waals surface area contributed by atoms with Gasteiger partial charge in [-0.25, -0.2) is 17.2 Å². The van der Waals surface area contributed by atoms with Crippen LogP contribution in [0.2, 0.25) is 10.0 Å². The molecular formula is C18H16Cl2F2N2O5S. The number of benzene rings is 2. The van der Waals surface area contributed by atoms with E-state index in [-0.39, 0.29) is 20.5 Å². The lowest BCUT2D eigenvalue weighted by Crippen LogP contribution is -2.35. The van der Waals surface area contributed by atoms with Crippen molar-refractivity contribution in [3.8, 4) is 0 Å². The van der Waals surface area contributed by atoms with E-state index in [0.717, 1.165) is 12.1 Å². The summed E-state index contributed by atoms with van der Waals surface area (Å²) in [5, 5.41) is 2.56. The number of esters is 1. The Morgan fingerprint density at radius 2 is 1.80 bits per heavy atom. The molecule has 0 unspecified atom stereocenters. The fourth-order valence-corrected chi connectivity index (χ4v) is 3.65. The number of carbonyl (C=O) groups is 2. The fraction of sp³-hybridized carbons (Fsp3) is 0.222. The van der Waals surface area contributed by atoms with E-state index >= 15 is 0 Å². The molecule has 0 radical (unpaired) electrons. The summed E-state index contributed by atoms with van der Waals surface area (Å²) in [6, 6.07) is 5.68. The molecule has 162 valence electrons. The van der Waals surface area contributed by atoms with Crippen LogP contribution in [0.1, 0.15) is 18.5 Å². The lowest BCUT2D eigenvalue weighted by molar-refractivity contribution is -0.147. The first-order chi connectivity index (χ1) is 14.0. The maximum atomic E-state index is 13.7. The fourth-order valence-electron chi connectivity index (χ4n) is 2.29. The zero-order valence-electron chi connectivity index (χ0n) is 15.4. The molecule has 2 aromatic rings. The predicted molar refractivity (Wildman–Crippen MR) is 106 cm³/mol.